The number of benzene rings is 1. The van der Waals surface area contributed by atoms with Crippen LogP contribution >= 0.6 is 23.1 Å². The predicted molar refractivity (Wildman–Crippen MR) is 150 cm³/mol. The van der Waals surface area contributed by atoms with Gasteiger partial charge in [-0.2, -0.15) is 14.4 Å². The summed E-state index contributed by atoms with van der Waals surface area (Å²) in [5.74, 6) is -1.16. The molecule has 4 heterocycles. The maximum Gasteiger partial charge on any atom is 0.312 e. The lowest BCUT2D eigenvalue weighted by atomic mass is 10.1. The number of esters is 3. The third-order valence-electron chi connectivity index (χ3n) is 6.12. The fourth-order valence-electron chi connectivity index (χ4n) is 4.48. The number of ether oxygens (including phenoxy) is 4. The number of anilines is 1. The largest absolute Gasteiger partial charge is 0.463 e. The molecule has 0 spiro atoms. The van der Waals surface area contributed by atoms with E-state index < -0.39 is 48.5 Å². The molecule has 1 aliphatic heterocycles. The van der Waals surface area contributed by atoms with Gasteiger partial charge in [0.2, 0.25) is 0 Å². The number of thioether (sulfide) groups is 1. The Hall–Kier alpha value is -3.89. The van der Waals surface area contributed by atoms with Crippen LogP contribution in [0.25, 0.3) is 21.4 Å². The Bertz CT molecular complexity index is 1600. The number of aromatic nitrogens is 5. The summed E-state index contributed by atoms with van der Waals surface area (Å²) >= 11 is 3.16. The lowest BCUT2D eigenvalue weighted by Gasteiger charge is -2.23. The number of thiazole rings is 1. The number of nitrogens with zero attached hydrogens (tertiary/aromatic N) is 5. The van der Waals surface area contributed by atoms with Gasteiger partial charge in [0.25, 0.3) is 0 Å². The zero-order chi connectivity index (χ0) is 30.0. The van der Waals surface area contributed by atoms with Gasteiger partial charge in [-0.3, -0.25) is 19.0 Å². The number of rotatable bonds is 10. The number of halogens is 1. The minimum Gasteiger partial charge on any atom is -0.463 e. The van der Waals surface area contributed by atoms with Gasteiger partial charge in [-0.15, -0.1) is 11.3 Å². The summed E-state index contributed by atoms with van der Waals surface area (Å²) in [7, 11) is 0. The lowest BCUT2D eigenvalue weighted by Crippen LogP contribution is -2.40. The van der Waals surface area contributed by atoms with Crippen LogP contribution in [-0.2, 0) is 33.3 Å². The van der Waals surface area contributed by atoms with Crippen LogP contribution in [-0.4, -0.2) is 79.1 Å². The first kappa shape index (κ1) is 29.6. The molecular formula is C26H27FN6O7S2. The maximum absolute atomic E-state index is 14.7. The molecule has 5 atom stereocenters. The van der Waals surface area contributed by atoms with Crippen molar-refractivity contribution in [2.45, 2.75) is 62.6 Å². The second-order valence-corrected chi connectivity index (χ2v) is 11.8. The molecule has 1 saturated heterocycles. The molecule has 0 aliphatic carbocycles. The van der Waals surface area contributed by atoms with E-state index in [0.717, 1.165) is 14.6 Å². The van der Waals surface area contributed by atoms with Gasteiger partial charge in [0.1, 0.15) is 12.7 Å². The second-order valence-electron chi connectivity index (χ2n) is 9.48. The van der Waals surface area contributed by atoms with Crippen LogP contribution in [0.4, 0.5) is 10.2 Å². The fraction of sp³-hybridized carbons (Fsp3) is 0.423. The van der Waals surface area contributed by atoms with Crippen molar-refractivity contribution in [2.75, 3.05) is 17.7 Å². The van der Waals surface area contributed by atoms with E-state index in [9.17, 15) is 18.8 Å². The summed E-state index contributed by atoms with van der Waals surface area (Å²) in [4.78, 5) is 52.2. The van der Waals surface area contributed by atoms with Crippen molar-refractivity contribution in [1.82, 2.24) is 24.5 Å². The zero-order valence-electron chi connectivity index (χ0n) is 23.0. The van der Waals surface area contributed by atoms with E-state index in [1.165, 1.54) is 31.7 Å². The van der Waals surface area contributed by atoms with E-state index in [4.69, 9.17) is 18.9 Å². The van der Waals surface area contributed by atoms with E-state index in [1.54, 1.807) is 23.1 Å². The minimum atomic E-state index is -1.18. The molecule has 0 amide bonds. The van der Waals surface area contributed by atoms with Gasteiger partial charge in [-0.25, -0.2) is 9.97 Å². The van der Waals surface area contributed by atoms with Gasteiger partial charge >= 0.3 is 24.0 Å². The first-order chi connectivity index (χ1) is 20.1. The van der Waals surface area contributed by atoms with E-state index >= 15 is 0 Å². The molecule has 42 heavy (non-hydrogen) atoms. The Morgan fingerprint density at radius 3 is 2.55 bits per heavy atom. The number of carbonyl (C=O) groups is 3. The first-order valence-corrected chi connectivity index (χ1v) is 14.7. The number of para-hydroxylation sites is 1. The van der Waals surface area contributed by atoms with Gasteiger partial charge < -0.3 is 24.3 Å². The van der Waals surface area contributed by atoms with Crippen LogP contribution in [0, 0.1) is 6.08 Å². The van der Waals surface area contributed by atoms with Crippen molar-refractivity contribution in [3.63, 3.8) is 0 Å². The molecule has 1 N–H and O–H groups in total. The number of imidazole rings is 1. The Balaban J connectivity index is 1.39. The highest BCUT2D eigenvalue weighted by molar-refractivity contribution is 8.01. The molecule has 5 rings (SSSR count). The molecular weight excluding hydrogens is 591 g/mol. The van der Waals surface area contributed by atoms with Crippen LogP contribution in [0.5, 0.6) is 0 Å². The minimum absolute atomic E-state index is 0.0490. The Labute approximate surface area is 247 Å². The normalized spacial score (nSPS) is 20.9. The summed E-state index contributed by atoms with van der Waals surface area (Å²) in [6.07, 6.45) is -4.12. The first-order valence-electron chi connectivity index (χ1n) is 12.9. The average Bonchev–Trinajstić information content (AvgIpc) is 3.61. The molecule has 0 saturated carbocycles. The standard InChI is InChI=1S/C26H27FN6O7S2/c1-12(10-41-26-30-16-7-5-6-8-18(16)42-26)29-22-19-23(32-25(27)31-22)33(11-28-19)24-21(39-15(4)36)20(38-14(3)35)17(40-24)9-37-13(2)34/h5-8,11-12,17,20-21,24H,9-10H2,1-4H3,(H,29,31,32)/t12-,17-,20-,21-,24-/m1/s1. The zero-order valence-corrected chi connectivity index (χ0v) is 24.6. The van der Waals surface area contributed by atoms with E-state index in [2.05, 4.69) is 25.3 Å². The molecule has 0 radical (unpaired) electrons. The van der Waals surface area contributed by atoms with Crippen LogP contribution in [0.2, 0.25) is 0 Å². The molecule has 4 aromatic rings. The number of hydrogen-bond donors (Lipinski definition) is 1. The second kappa shape index (κ2) is 12.5. The van der Waals surface area contributed by atoms with Gasteiger partial charge in [0.15, 0.2) is 39.8 Å². The van der Waals surface area contributed by atoms with Crippen molar-refractivity contribution < 1.29 is 37.7 Å². The quantitative estimate of drug-likeness (QED) is 0.119. The molecule has 0 unspecified atom stereocenters. The number of hydrogen-bond acceptors (Lipinski definition) is 14. The number of fused-ring (bicyclic) bond motifs is 2. The molecule has 0 bridgehead atoms. The van der Waals surface area contributed by atoms with Crippen LogP contribution < -0.4 is 5.32 Å². The van der Waals surface area contributed by atoms with Crippen molar-refractivity contribution in [3.8, 4) is 0 Å². The monoisotopic (exact) mass is 618 g/mol. The van der Waals surface area contributed by atoms with Crippen LogP contribution in [0.3, 0.4) is 0 Å². The van der Waals surface area contributed by atoms with E-state index in [0.29, 0.717) is 5.75 Å². The van der Waals surface area contributed by atoms with E-state index in [1.807, 2.05) is 31.2 Å². The Morgan fingerprint density at radius 1 is 1.10 bits per heavy atom. The van der Waals surface area contributed by atoms with Crippen LogP contribution in [0.15, 0.2) is 34.9 Å². The predicted octanol–water partition coefficient (Wildman–Crippen LogP) is 3.49. The van der Waals surface area contributed by atoms with Gasteiger partial charge in [0, 0.05) is 32.6 Å². The molecule has 1 aliphatic rings. The molecule has 222 valence electrons. The number of carbonyl (C=O) groups excluding carboxylic acids is 3. The van der Waals surface area contributed by atoms with Crippen molar-refractivity contribution in [2.24, 2.45) is 0 Å². The van der Waals surface area contributed by atoms with Gasteiger partial charge in [0.05, 0.1) is 16.5 Å². The third-order valence-corrected chi connectivity index (χ3v) is 8.56. The summed E-state index contributed by atoms with van der Waals surface area (Å²) in [5.41, 5.74) is 1.22. The van der Waals surface area contributed by atoms with Crippen molar-refractivity contribution >= 4 is 68.2 Å². The van der Waals surface area contributed by atoms with Crippen molar-refractivity contribution in [3.05, 3.63) is 36.7 Å². The fourth-order valence-corrected chi connectivity index (χ4v) is 6.52. The van der Waals surface area contributed by atoms with E-state index in [-0.39, 0.29) is 29.6 Å². The summed E-state index contributed by atoms with van der Waals surface area (Å²) in [5, 5.41) is 3.19. The Kier molecular flexibility index (Phi) is 8.84. The molecule has 16 heteroatoms. The van der Waals surface area contributed by atoms with Gasteiger partial charge in [-0.1, -0.05) is 23.9 Å². The van der Waals surface area contributed by atoms with Crippen LogP contribution in [0.1, 0.15) is 33.9 Å². The third kappa shape index (κ3) is 6.60. The molecule has 1 aromatic carbocycles. The SMILES string of the molecule is CC(=O)OC[C@H]1O[C@@H](n2cnc3c(N[C@H](C)CSc4nc5ccccc5s4)nc(F)nc32)[C@H](OC(C)=O)[C@@H]1OC(C)=O. The summed E-state index contributed by atoms with van der Waals surface area (Å²) in [6.45, 7) is 5.22. The average molecular weight is 619 g/mol. The highest BCUT2D eigenvalue weighted by Crippen LogP contribution is 2.37. The lowest BCUT2D eigenvalue weighted by molar-refractivity contribution is -0.166. The number of nitrogens with one attached hydrogen (secondary N) is 1. The summed E-state index contributed by atoms with van der Waals surface area (Å²) in [6, 6.07) is 7.72. The maximum atomic E-state index is 14.7. The molecule has 3 aromatic heterocycles. The van der Waals surface area contributed by atoms with Gasteiger partial charge in [-0.05, 0) is 19.1 Å². The highest BCUT2D eigenvalue weighted by Gasteiger charge is 2.51. The van der Waals surface area contributed by atoms with Crippen molar-refractivity contribution in [1.29, 1.82) is 0 Å². The highest BCUT2D eigenvalue weighted by atomic mass is 32.2. The topological polar surface area (TPSA) is 157 Å². The smallest absolute Gasteiger partial charge is 0.312 e. The molecule has 13 nitrogen and oxygen atoms in total. The summed E-state index contributed by atoms with van der Waals surface area (Å²) < 4.78 is 40.1. The molecule has 1 fully saturated rings. The Morgan fingerprint density at radius 2 is 1.83 bits per heavy atom.